The lowest BCUT2D eigenvalue weighted by molar-refractivity contribution is -0.121. The number of piperidine rings is 1. The summed E-state index contributed by atoms with van der Waals surface area (Å²) in [6.45, 7) is 10.5. The van der Waals surface area contributed by atoms with Gasteiger partial charge < -0.3 is 5.32 Å². The number of nitrogens with one attached hydrogen (secondary N) is 1. The van der Waals surface area contributed by atoms with Gasteiger partial charge in [0, 0.05) is 11.2 Å². The highest BCUT2D eigenvalue weighted by atomic mass is 32.2. The average Bonchev–Trinajstić information content (AvgIpc) is 3.04. The maximum Gasteiger partial charge on any atom is 0.233 e. The van der Waals surface area contributed by atoms with E-state index in [1.165, 1.54) is 43.2 Å². The number of carbonyl (C=O) groups excluding carboxylic acids is 1. The predicted octanol–water partition coefficient (Wildman–Crippen LogP) is 3.79. The zero-order chi connectivity index (χ0) is 21.0. The van der Waals surface area contributed by atoms with Crippen LogP contribution in [0.3, 0.4) is 0 Å². The molecule has 1 atom stereocenters. The molecule has 8 heteroatoms. The van der Waals surface area contributed by atoms with Gasteiger partial charge in [-0.3, -0.25) is 14.3 Å². The predicted molar refractivity (Wildman–Crippen MR) is 114 cm³/mol. The lowest BCUT2D eigenvalue weighted by atomic mass is 10.1. The minimum atomic E-state index is -0.333. The van der Waals surface area contributed by atoms with Crippen LogP contribution in [0, 0.1) is 5.82 Å². The summed E-state index contributed by atoms with van der Waals surface area (Å²) in [6.07, 6.45) is 3.65. The van der Waals surface area contributed by atoms with Gasteiger partial charge >= 0.3 is 0 Å². The number of rotatable bonds is 6. The van der Waals surface area contributed by atoms with Crippen molar-refractivity contribution in [2.75, 3.05) is 13.1 Å². The Morgan fingerprint density at radius 1 is 1.17 bits per heavy atom. The van der Waals surface area contributed by atoms with Crippen LogP contribution in [0.5, 0.6) is 0 Å². The summed E-state index contributed by atoms with van der Waals surface area (Å²) < 4.78 is 15.4. The molecule has 29 heavy (non-hydrogen) atoms. The van der Waals surface area contributed by atoms with Crippen LogP contribution in [0.1, 0.15) is 52.8 Å². The minimum Gasteiger partial charge on any atom is -0.351 e. The van der Waals surface area contributed by atoms with Crippen LogP contribution in [0.4, 0.5) is 4.39 Å². The molecule has 0 aliphatic carbocycles. The summed E-state index contributed by atoms with van der Waals surface area (Å²) in [5, 5.41) is 12.1. The lowest BCUT2D eigenvalue weighted by Gasteiger charge is -2.26. The zero-order valence-electron chi connectivity index (χ0n) is 17.6. The Bertz CT molecular complexity index is 825. The Balaban J connectivity index is 1.85. The van der Waals surface area contributed by atoms with Crippen molar-refractivity contribution in [3.05, 3.63) is 35.9 Å². The first-order chi connectivity index (χ1) is 13.7. The van der Waals surface area contributed by atoms with Gasteiger partial charge in [0.1, 0.15) is 5.82 Å². The fourth-order valence-electron chi connectivity index (χ4n) is 3.33. The molecule has 1 aromatic carbocycles. The average molecular weight is 420 g/mol. The smallest absolute Gasteiger partial charge is 0.233 e. The maximum atomic E-state index is 13.5. The Morgan fingerprint density at radius 3 is 2.45 bits per heavy atom. The van der Waals surface area contributed by atoms with Gasteiger partial charge in [0.25, 0.3) is 0 Å². The van der Waals surface area contributed by atoms with Crippen molar-refractivity contribution >= 4 is 17.7 Å². The molecule has 3 rings (SSSR count). The second kappa shape index (κ2) is 9.26. The molecule has 1 fully saturated rings. The van der Waals surface area contributed by atoms with Crippen LogP contribution >= 0.6 is 11.8 Å². The van der Waals surface area contributed by atoms with E-state index in [4.69, 9.17) is 0 Å². The quantitative estimate of drug-likeness (QED) is 0.722. The summed E-state index contributed by atoms with van der Waals surface area (Å²) in [5.41, 5.74) is 0.505. The molecule has 1 aliphatic heterocycles. The molecule has 2 heterocycles. The third-order valence-electron chi connectivity index (χ3n) is 4.75. The normalized spacial score (nSPS) is 16.6. The van der Waals surface area contributed by atoms with Gasteiger partial charge in [-0.05, 0) is 77.9 Å². The number of amides is 1. The molecule has 0 bridgehead atoms. The van der Waals surface area contributed by atoms with E-state index in [-0.39, 0.29) is 22.5 Å². The highest BCUT2D eigenvalue weighted by Crippen LogP contribution is 2.27. The number of aromatic nitrogens is 3. The van der Waals surface area contributed by atoms with Gasteiger partial charge in [-0.1, -0.05) is 18.2 Å². The first-order valence-electron chi connectivity index (χ1n) is 10.1. The Kier molecular flexibility index (Phi) is 6.95. The van der Waals surface area contributed by atoms with Gasteiger partial charge in [0.2, 0.25) is 5.91 Å². The van der Waals surface area contributed by atoms with E-state index in [0.717, 1.165) is 24.6 Å². The lowest BCUT2D eigenvalue weighted by Crippen LogP contribution is -2.44. The van der Waals surface area contributed by atoms with Crippen molar-refractivity contribution in [1.82, 2.24) is 25.0 Å². The highest BCUT2D eigenvalue weighted by Gasteiger charge is 2.24. The van der Waals surface area contributed by atoms with E-state index in [0.29, 0.717) is 11.7 Å². The van der Waals surface area contributed by atoms with Crippen LogP contribution in [-0.4, -0.2) is 49.4 Å². The number of likely N-dealkylation sites (tertiary alicyclic amines) is 1. The topological polar surface area (TPSA) is 63.1 Å². The number of benzene rings is 1. The third-order valence-corrected chi connectivity index (χ3v) is 5.79. The summed E-state index contributed by atoms with van der Waals surface area (Å²) in [7, 11) is 0. The van der Waals surface area contributed by atoms with Gasteiger partial charge in [-0.2, -0.15) is 0 Å². The van der Waals surface area contributed by atoms with E-state index in [2.05, 4.69) is 20.4 Å². The van der Waals surface area contributed by atoms with E-state index >= 15 is 0 Å². The number of hydrogen-bond donors (Lipinski definition) is 1. The minimum absolute atomic E-state index is 0.0475. The number of halogens is 1. The molecule has 158 valence electrons. The molecule has 1 amide bonds. The Morgan fingerprint density at radius 2 is 1.83 bits per heavy atom. The largest absolute Gasteiger partial charge is 0.351 e. The van der Waals surface area contributed by atoms with Crippen LogP contribution < -0.4 is 5.32 Å². The molecule has 0 radical (unpaired) electrons. The van der Waals surface area contributed by atoms with Crippen molar-refractivity contribution in [1.29, 1.82) is 0 Å². The fourth-order valence-corrected chi connectivity index (χ4v) is 4.22. The molecule has 1 aromatic heterocycles. The monoisotopic (exact) mass is 419 g/mol. The molecule has 0 saturated carbocycles. The molecular weight excluding hydrogens is 389 g/mol. The van der Waals surface area contributed by atoms with E-state index in [1.54, 1.807) is 12.1 Å². The van der Waals surface area contributed by atoms with E-state index in [1.807, 2.05) is 32.3 Å². The van der Waals surface area contributed by atoms with Crippen LogP contribution in [0.25, 0.3) is 5.69 Å². The third kappa shape index (κ3) is 6.02. The molecule has 2 aromatic rings. The summed E-state index contributed by atoms with van der Waals surface area (Å²) >= 11 is 1.37. The van der Waals surface area contributed by atoms with Gasteiger partial charge in [-0.15, -0.1) is 10.2 Å². The van der Waals surface area contributed by atoms with Crippen LogP contribution in [0.15, 0.2) is 29.4 Å². The zero-order valence-corrected chi connectivity index (χ0v) is 18.4. The summed E-state index contributed by atoms with van der Waals surface area (Å²) in [6, 6.07) is 6.32. The Hall–Kier alpha value is -1.93. The van der Waals surface area contributed by atoms with Crippen molar-refractivity contribution in [2.45, 2.75) is 69.4 Å². The van der Waals surface area contributed by atoms with Crippen molar-refractivity contribution < 1.29 is 9.18 Å². The molecule has 0 spiro atoms. The fraction of sp³-hybridized carbons (Fsp3) is 0.571. The maximum absolute atomic E-state index is 13.5. The molecule has 1 aliphatic rings. The first-order valence-corrected chi connectivity index (χ1v) is 11.0. The standard InChI is InChI=1S/C21H30FN5OS/c1-15(19(28)23-21(2,3)4)29-20-25-24-18(14-26-12-6-5-7-13-26)27(20)17-10-8-16(22)9-11-17/h8-11,15H,5-7,12-14H2,1-4H3,(H,23,28). The molecular formula is C21H30FN5OS. The van der Waals surface area contributed by atoms with E-state index < -0.39 is 0 Å². The van der Waals surface area contributed by atoms with Crippen LogP contribution in [-0.2, 0) is 11.3 Å². The molecule has 6 nitrogen and oxygen atoms in total. The molecule has 1 unspecified atom stereocenters. The van der Waals surface area contributed by atoms with Crippen molar-refractivity contribution in [2.24, 2.45) is 0 Å². The number of hydrogen-bond acceptors (Lipinski definition) is 5. The van der Waals surface area contributed by atoms with Crippen molar-refractivity contribution in [3.8, 4) is 5.69 Å². The molecule has 1 saturated heterocycles. The molecule has 1 N–H and O–H groups in total. The van der Waals surface area contributed by atoms with Crippen molar-refractivity contribution in [3.63, 3.8) is 0 Å². The second-order valence-corrected chi connectivity index (χ2v) is 9.85. The highest BCUT2D eigenvalue weighted by molar-refractivity contribution is 8.00. The van der Waals surface area contributed by atoms with Gasteiger partial charge in [-0.25, -0.2) is 4.39 Å². The first kappa shape index (κ1) is 21.8. The summed E-state index contributed by atoms with van der Waals surface area (Å²) in [5.74, 6) is 0.477. The SMILES string of the molecule is CC(Sc1nnc(CN2CCCCC2)n1-c1ccc(F)cc1)C(=O)NC(C)(C)C. The van der Waals surface area contributed by atoms with Gasteiger partial charge in [0.05, 0.1) is 11.8 Å². The Labute approximate surface area is 176 Å². The number of thioether (sulfide) groups is 1. The van der Waals surface area contributed by atoms with Gasteiger partial charge in [0.15, 0.2) is 11.0 Å². The number of carbonyl (C=O) groups is 1. The summed E-state index contributed by atoms with van der Waals surface area (Å²) in [4.78, 5) is 14.9. The van der Waals surface area contributed by atoms with E-state index in [9.17, 15) is 9.18 Å². The second-order valence-electron chi connectivity index (χ2n) is 8.55. The number of nitrogens with zero attached hydrogens (tertiary/aromatic N) is 4. The van der Waals surface area contributed by atoms with Crippen LogP contribution in [0.2, 0.25) is 0 Å².